The van der Waals surface area contributed by atoms with E-state index in [4.69, 9.17) is 0 Å². The SMILES string of the molecule is C=CCN=[SH2]. The van der Waals surface area contributed by atoms with Crippen molar-refractivity contribution in [2.45, 2.75) is 0 Å². The summed E-state index contributed by atoms with van der Waals surface area (Å²) in [5.74, 6) is 0. The largest absolute Gasteiger partial charge is 0.267 e. The van der Waals surface area contributed by atoms with Gasteiger partial charge in [0.15, 0.2) is 0 Å². The van der Waals surface area contributed by atoms with Crippen molar-refractivity contribution in [3.8, 4) is 0 Å². The van der Waals surface area contributed by atoms with Crippen molar-refractivity contribution in [1.29, 1.82) is 0 Å². The van der Waals surface area contributed by atoms with Crippen molar-refractivity contribution in [2.75, 3.05) is 6.54 Å². The zero-order valence-corrected chi connectivity index (χ0v) is 3.94. The highest BCUT2D eigenvalue weighted by molar-refractivity contribution is 7.47. The van der Waals surface area contributed by atoms with E-state index in [0.29, 0.717) is 6.54 Å². The molecule has 0 rings (SSSR count). The molecule has 0 spiro atoms. The first-order chi connectivity index (χ1) is 2.41. The smallest absolute Gasteiger partial charge is 0.0631 e. The van der Waals surface area contributed by atoms with E-state index in [9.17, 15) is 0 Å². The Morgan fingerprint density at radius 2 is 2.60 bits per heavy atom. The molecule has 0 N–H and O–H groups in total. The van der Waals surface area contributed by atoms with Crippen molar-refractivity contribution in [3.05, 3.63) is 12.7 Å². The van der Waals surface area contributed by atoms with Gasteiger partial charge in [-0.2, -0.15) is 0 Å². The van der Waals surface area contributed by atoms with Crippen LogP contribution in [-0.2, 0) is 12.4 Å². The summed E-state index contributed by atoms with van der Waals surface area (Å²) >= 11 is 2.90. The summed E-state index contributed by atoms with van der Waals surface area (Å²) in [6.45, 7) is 4.12. The predicted molar refractivity (Wildman–Crippen MR) is 27.6 cm³/mol. The van der Waals surface area contributed by atoms with E-state index in [-0.39, 0.29) is 0 Å². The summed E-state index contributed by atoms with van der Waals surface area (Å²) in [5, 5.41) is 0. The molecule has 0 saturated heterocycles. The summed E-state index contributed by atoms with van der Waals surface area (Å²) < 4.78 is 3.54. The van der Waals surface area contributed by atoms with E-state index >= 15 is 0 Å². The maximum Gasteiger partial charge on any atom is 0.0631 e. The second-order valence-electron chi connectivity index (χ2n) is 0.629. The van der Waals surface area contributed by atoms with Gasteiger partial charge < -0.3 is 0 Å². The van der Waals surface area contributed by atoms with E-state index < -0.39 is 0 Å². The maximum atomic E-state index is 3.54. The lowest BCUT2D eigenvalue weighted by Gasteiger charge is -1.66. The van der Waals surface area contributed by atoms with Crippen LogP contribution in [0.1, 0.15) is 0 Å². The molecule has 0 aromatic carbocycles. The second-order valence-corrected chi connectivity index (χ2v) is 0.946. The Balaban J connectivity index is 2.65. The van der Waals surface area contributed by atoms with Gasteiger partial charge in [0, 0.05) is 0 Å². The minimum Gasteiger partial charge on any atom is -0.267 e. The summed E-state index contributed by atoms with van der Waals surface area (Å²) in [6, 6.07) is 0. The molecule has 2 heteroatoms. The van der Waals surface area contributed by atoms with Crippen LogP contribution in [0.5, 0.6) is 0 Å². The molecular formula is C3H7NS. The van der Waals surface area contributed by atoms with Crippen LogP contribution >= 0.6 is 0 Å². The van der Waals surface area contributed by atoms with Gasteiger partial charge in [-0.05, 0) is 0 Å². The molecule has 0 bridgehead atoms. The Kier molecular flexibility index (Phi) is 3.80. The van der Waals surface area contributed by atoms with Gasteiger partial charge in [-0.25, -0.2) is 0 Å². The Bertz CT molecular complexity index is 36.2. The summed E-state index contributed by atoms with van der Waals surface area (Å²) in [5.41, 5.74) is 0. The van der Waals surface area contributed by atoms with Crippen LogP contribution in [-0.4, -0.2) is 6.54 Å². The number of rotatable bonds is 2. The van der Waals surface area contributed by atoms with Crippen molar-refractivity contribution in [3.63, 3.8) is 0 Å². The number of hydrogen-bond acceptors (Lipinski definition) is 1. The lowest BCUT2D eigenvalue weighted by molar-refractivity contribution is 1.30. The first-order valence-electron chi connectivity index (χ1n) is 1.36. The lowest BCUT2D eigenvalue weighted by atomic mass is 10.7. The van der Waals surface area contributed by atoms with Crippen LogP contribution in [0.15, 0.2) is 17.0 Å². The van der Waals surface area contributed by atoms with Crippen molar-refractivity contribution < 1.29 is 0 Å². The molecule has 0 atom stereocenters. The van der Waals surface area contributed by atoms with Crippen LogP contribution in [0.3, 0.4) is 0 Å². The topological polar surface area (TPSA) is 12.4 Å². The normalized spacial score (nSPS) is 6.60. The van der Waals surface area contributed by atoms with E-state index in [1.165, 1.54) is 0 Å². The van der Waals surface area contributed by atoms with Crippen molar-refractivity contribution in [1.82, 2.24) is 0 Å². The molecule has 0 aliphatic heterocycles. The Hall–Kier alpha value is -0.110. The van der Waals surface area contributed by atoms with Crippen LogP contribution in [0.25, 0.3) is 0 Å². The molecule has 1 nitrogen and oxygen atoms in total. The summed E-state index contributed by atoms with van der Waals surface area (Å²) in [6.07, 6.45) is 1.72. The molecule has 0 saturated carbocycles. The first kappa shape index (κ1) is 4.89. The molecule has 0 aromatic rings. The van der Waals surface area contributed by atoms with Crippen LogP contribution in [0, 0.1) is 0 Å². The van der Waals surface area contributed by atoms with E-state index in [1.807, 2.05) is 0 Å². The van der Waals surface area contributed by atoms with Gasteiger partial charge in [0.05, 0.1) is 6.54 Å². The van der Waals surface area contributed by atoms with Gasteiger partial charge in [0.1, 0.15) is 0 Å². The fraction of sp³-hybridized carbons (Fsp3) is 0.333. The van der Waals surface area contributed by atoms with Gasteiger partial charge in [0.25, 0.3) is 0 Å². The van der Waals surface area contributed by atoms with Crippen LogP contribution < -0.4 is 0 Å². The minimum absolute atomic E-state index is 0.691. The summed E-state index contributed by atoms with van der Waals surface area (Å²) in [7, 11) is 0. The van der Waals surface area contributed by atoms with Gasteiger partial charge in [-0.15, -0.1) is 19.0 Å². The molecule has 0 heterocycles. The maximum absolute atomic E-state index is 3.54. The zero-order valence-electron chi connectivity index (χ0n) is 2.94. The average molecular weight is 89.2 g/mol. The van der Waals surface area contributed by atoms with Crippen LogP contribution in [0.2, 0.25) is 0 Å². The highest BCUT2D eigenvalue weighted by Crippen LogP contribution is 1.61. The van der Waals surface area contributed by atoms with Gasteiger partial charge in [-0.3, -0.25) is 4.36 Å². The Morgan fingerprint density at radius 1 is 2.00 bits per heavy atom. The third-order valence-electron chi connectivity index (χ3n) is 0.220. The van der Waals surface area contributed by atoms with E-state index in [1.54, 1.807) is 6.08 Å². The fourth-order valence-electron chi connectivity index (χ4n) is 0.0645. The standard InChI is InChI=1S/C3H7NS/c1-2-3-4-5/h2H,1,3,5H2. The lowest BCUT2D eigenvalue weighted by Crippen LogP contribution is -1.58. The van der Waals surface area contributed by atoms with Crippen molar-refractivity contribution in [2.24, 2.45) is 4.36 Å². The molecule has 0 amide bonds. The molecular weight excluding hydrogens is 82.1 g/mol. The third-order valence-corrected chi connectivity index (χ3v) is 0.403. The molecule has 0 aromatic heterocycles. The monoisotopic (exact) mass is 89.0 g/mol. The predicted octanol–water partition coefficient (Wildman–Crippen LogP) is 0.367. The average Bonchev–Trinajstić information content (AvgIpc) is 1.41. The molecule has 0 unspecified atom stereocenters. The molecule has 30 valence electrons. The summed E-state index contributed by atoms with van der Waals surface area (Å²) in [4.78, 5) is 0. The fourth-order valence-corrected chi connectivity index (χ4v) is 0.194. The Labute approximate surface area is 36.9 Å². The quantitative estimate of drug-likeness (QED) is 0.433. The van der Waals surface area contributed by atoms with Crippen LogP contribution in [0.4, 0.5) is 0 Å². The second kappa shape index (κ2) is 3.89. The Morgan fingerprint density at radius 3 is 2.60 bits per heavy atom. The highest BCUT2D eigenvalue weighted by Gasteiger charge is 1.52. The van der Waals surface area contributed by atoms with Gasteiger partial charge in [-0.1, -0.05) is 6.08 Å². The molecule has 0 radical (unpaired) electrons. The highest BCUT2D eigenvalue weighted by atomic mass is 32.1. The first-order valence-corrected chi connectivity index (χ1v) is 1.80. The minimum atomic E-state index is 0.691. The number of nitrogens with zero attached hydrogens (tertiary/aromatic N) is 1. The third kappa shape index (κ3) is 3.89. The molecule has 0 aliphatic rings. The van der Waals surface area contributed by atoms with Crippen molar-refractivity contribution >= 4 is 12.4 Å². The molecule has 0 fully saturated rings. The van der Waals surface area contributed by atoms with E-state index in [0.717, 1.165) is 0 Å². The molecule has 0 aliphatic carbocycles. The molecule has 5 heavy (non-hydrogen) atoms. The van der Waals surface area contributed by atoms with Gasteiger partial charge >= 0.3 is 0 Å². The van der Waals surface area contributed by atoms with E-state index in [2.05, 4.69) is 23.4 Å². The zero-order chi connectivity index (χ0) is 4.12. The van der Waals surface area contributed by atoms with Gasteiger partial charge in [0.2, 0.25) is 0 Å². The number of hydrogen-bond donors (Lipinski definition) is 0.